The highest BCUT2D eigenvalue weighted by atomic mass is 79.9. The fourth-order valence-corrected chi connectivity index (χ4v) is 3.42. The molecule has 3 rings (SSSR count). The Morgan fingerprint density at radius 3 is 2.44 bits per heavy atom. The second-order valence-corrected chi connectivity index (χ2v) is 6.02. The van der Waals surface area contributed by atoms with Gasteiger partial charge in [-0.2, -0.15) is 0 Å². The first-order valence-corrected chi connectivity index (χ1v) is 7.10. The lowest BCUT2D eigenvalue weighted by Crippen LogP contribution is -1.76. The summed E-state index contributed by atoms with van der Waals surface area (Å²) in [6.45, 7) is 0. The van der Waals surface area contributed by atoms with Crippen molar-refractivity contribution in [2.24, 2.45) is 0 Å². The third kappa shape index (κ3) is 1.47. The molecule has 16 heavy (non-hydrogen) atoms. The van der Waals surface area contributed by atoms with E-state index in [2.05, 4.69) is 77.0 Å². The van der Waals surface area contributed by atoms with Gasteiger partial charge in [-0.15, -0.1) is 0 Å². The van der Waals surface area contributed by atoms with Gasteiger partial charge in [0, 0.05) is 25.2 Å². The van der Waals surface area contributed by atoms with Gasteiger partial charge in [0.05, 0.1) is 9.99 Å². The standard InChI is InChI=1S/C12H6Br3N/c13-8-5-7-6-3-1-2-4-9(6)16-12(7)11(15)10(8)14/h1-5,16H. The second-order valence-electron chi connectivity index (χ2n) is 3.58. The van der Waals surface area contributed by atoms with Crippen LogP contribution in [0.15, 0.2) is 43.7 Å². The minimum absolute atomic E-state index is 1.03. The van der Waals surface area contributed by atoms with Gasteiger partial charge in [-0.3, -0.25) is 0 Å². The van der Waals surface area contributed by atoms with E-state index in [0.717, 1.165) is 24.5 Å². The quantitative estimate of drug-likeness (QED) is 0.470. The number of nitrogens with one attached hydrogen (secondary N) is 1. The number of rotatable bonds is 0. The smallest absolute Gasteiger partial charge is 0.0621 e. The number of para-hydroxylation sites is 1. The molecule has 0 unspecified atom stereocenters. The van der Waals surface area contributed by atoms with Crippen molar-refractivity contribution in [2.45, 2.75) is 0 Å². The Bertz CT molecular complexity index is 700. The molecule has 4 heteroatoms. The molecule has 0 atom stereocenters. The van der Waals surface area contributed by atoms with Crippen molar-refractivity contribution in [3.05, 3.63) is 43.7 Å². The SMILES string of the molecule is Brc1cc2c([nH]c3ccccc32)c(Br)c1Br. The molecule has 80 valence electrons. The summed E-state index contributed by atoms with van der Waals surface area (Å²) in [6.07, 6.45) is 0. The first-order valence-electron chi connectivity index (χ1n) is 4.72. The number of H-pyrrole nitrogens is 1. The number of hydrogen-bond acceptors (Lipinski definition) is 0. The molecule has 0 radical (unpaired) electrons. The molecule has 0 fully saturated rings. The summed E-state index contributed by atoms with van der Waals surface area (Å²) in [6, 6.07) is 10.4. The van der Waals surface area contributed by atoms with Crippen LogP contribution in [0.4, 0.5) is 0 Å². The monoisotopic (exact) mass is 401 g/mol. The number of hydrogen-bond donors (Lipinski definition) is 1. The largest absolute Gasteiger partial charge is 0.354 e. The maximum atomic E-state index is 3.60. The number of aromatic nitrogens is 1. The second kappa shape index (κ2) is 3.86. The fraction of sp³-hybridized carbons (Fsp3) is 0. The van der Waals surface area contributed by atoms with Crippen molar-refractivity contribution in [3.63, 3.8) is 0 Å². The Morgan fingerprint density at radius 2 is 1.62 bits per heavy atom. The zero-order chi connectivity index (χ0) is 11.3. The van der Waals surface area contributed by atoms with Crippen LogP contribution < -0.4 is 0 Å². The van der Waals surface area contributed by atoms with Crippen LogP contribution in [-0.2, 0) is 0 Å². The molecule has 0 aliphatic rings. The molecule has 1 heterocycles. The van der Waals surface area contributed by atoms with Crippen molar-refractivity contribution >= 4 is 69.6 Å². The van der Waals surface area contributed by atoms with Crippen LogP contribution in [0, 0.1) is 0 Å². The summed E-state index contributed by atoms with van der Waals surface area (Å²) in [7, 11) is 0. The maximum Gasteiger partial charge on any atom is 0.0621 e. The Labute approximate surface area is 118 Å². The summed E-state index contributed by atoms with van der Waals surface area (Å²) < 4.78 is 3.14. The minimum Gasteiger partial charge on any atom is -0.354 e. The first-order chi connectivity index (χ1) is 7.68. The van der Waals surface area contributed by atoms with Gasteiger partial charge in [-0.25, -0.2) is 0 Å². The molecule has 3 aromatic rings. The van der Waals surface area contributed by atoms with E-state index in [4.69, 9.17) is 0 Å². The number of benzene rings is 2. The third-order valence-electron chi connectivity index (χ3n) is 2.64. The van der Waals surface area contributed by atoms with Crippen LogP contribution in [0.3, 0.4) is 0 Å². The van der Waals surface area contributed by atoms with Crippen molar-refractivity contribution in [3.8, 4) is 0 Å². The predicted molar refractivity (Wildman–Crippen MR) is 78.9 cm³/mol. The van der Waals surface area contributed by atoms with Crippen LogP contribution >= 0.6 is 47.8 Å². The Balaban J connectivity index is 2.60. The Morgan fingerprint density at radius 1 is 0.875 bits per heavy atom. The van der Waals surface area contributed by atoms with E-state index in [1.165, 1.54) is 10.8 Å². The number of halogens is 3. The van der Waals surface area contributed by atoms with Gasteiger partial charge >= 0.3 is 0 Å². The fourth-order valence-electron chi connectivity index (χ4n) is 1.89. The van der Waals surface area contributed by atoms with Crippen LogP contribution in [0.25, 0.3) is 21.8 Å². The molecule has 1 aromatic heterocycles. The Kier molecular flexibility index (Phi) is 2.61. The van der Waals surface area contributed by atoms with Crippen molar-refractivity contribution in [1.29, 1.82) is 0 Å². The van der Waals surface area contributed by atoms with E-state index < -0.39 is 0 Å². The highest BCUT2D eigenvalue weighted by molar-refractivity contribution is 9.14. The van der Waals surface area contributed by atoms with E-state index in [9.17, 15) is 0 Å². The van der Waals surface area contributed by atoms with Gasteiger partial charge in [0.1, 0.15) is 0 Å². The predicted octanol–water partition coefficient (Wildman–Crippen LogP) is 5.61. The molecule has 1 nitrogen and oxygen atoms in total. The lowest BCUT2D eigenvalue weighted by molar-refractivity contribution is 1.50. The summed E-state index contributed by atoms with van der Waals surface area (Å²) >= 11 is 10.7. The topological polar surface area (TPSA) is 15.8 Å². The highest BCUT2D eigenvalue weighted by Crippen LogP contribution is 2.39. The minimum atomic E-state index is 1.03. The molecule has 2 aromatic carbocycles. The van der Waals surface area contributed by atoms with Crippen LogP contribution in [-0.4, -0.2) is 4.98 Å². The van der Waals surface area contributed by atoms with Gasteiger partial charge in [-0.1, -0.05) is 18.2 Å². The molecule has 1 N–H and O–H groups in total. The molecule has 0 saturated heterocycles. The van der Waals surface area contributed by atoms with E-state index >= 15 is 0 Å². The lowest BCUT2D eigenvalue weighted by atomic mass is 10.2. The van der Waals surface area contributed by atoms with Crippen molar-refractivity contribution in [1.82, 2.24) is 4.98 Å². The molecule has 0 saturated carbocycles. The molecular weight excluding hydrogens is 398 g/mol. The Hall–Kier alpha value is -0.320. The zero-order valence-corrected chi connectivity index (χ0v) is 12.8. The van der Waals surface area contributed by atoms with Crippen LogP contribution in [0.5, 0.6) is 0 Å². The normalized spacial score (nSPS) is 11.4. The summed E-state index contributed by atoms with van der Waals surface area (Å²) in [4.78, 5) is 3.42. The van der Waals surface area contributed by atoms with E-state index in [1.54, 1.807) is 0 Å². The summed E-state index contributed by atoms with van der Waals surface area (Å²) in [5.41, 5.74) is 2.28. The van der Waals surface area contributed by atoms with E-state index in [0.29, 0.717) is 0 Å². The molecule has 0 amide bonds. The van der Waals surface area contributed by atoms with E-state index in [1.807, 2.05) is 6.07 Å². The zero-order valence-electron chi connectivity index (χ0n) is 8.02. The third-order valence-corrected chi connectivity index (χ3v) is 5.95. The lowest BCUT2D eigenvalue weighted by Gasteiger charge is -2.01. The van der Waals surface area contributed by atoms with Gasteiger partial charge in [0.15, 0.2) is 0 Å². The maximum absolute atomic E-state index is 3.60. The van der Waals surface area contributed by atoms with Crippen LogP contribution in [0.2, 0.25) is 0 Å². The van der Waals surface area contributed by atoms with Crippen molar-refractivity contribution < 1.29 is 0 Å². The average Bonchev–Trinajstić information content (AvgIpc) is 2.65. The summed E-state index contributed by atoms with van der Waals surface area (Å²) in [5.74, 6) is 0. The summed E-state index contributed by atoms with van der Waals surface area (Å²) in [5, 5.41) is 2.46. The molecule has 0 aliphatic heterocycles. The van der Waals surface area contributed by atoms with Gasteiger partial charge in [-0.05, 0) is 59.9 Å². The average molecular weight is 404 g/mol. The van der Waals surface area contributed by atoms with Crippen molar-refractivity contribution in [2.75, 3.05) is 0 Å². The molecule has 0 spiro atoms. The highest BCUT2D eigenvalue weighted by Gasteiger charge is 2.11. The van der Waals surface area contributed by atoms with Crippen LogP contribution in [0.1, 0.15) is 0 Å². The number of fused-ring (bicyclic) bond motifs is 3. The number of aromatic amines is 1. The molecule has 0 aliphatic carbocycles. The van der Waals surface area contributed by atoms with Gasteiger partial charge in [0.2, 0.25) is 0 Å². The first kappa shape index (κ1) is 10.8. The molecular formula is C12H6Br3N. The van der Waals surface area contributed by atoms with E-state index in [-0.39, 0.29) is 0 Å². The molecule has 0 bridgehead atoms. The van der Waals surface area contributed by atoms with Gasteiger partial charge in [0.25, 0.3) is 0 Å². The van der Waals surface area contributed by atoms with Gasteiger partial charge < -0.3 is 4.98 Å².